The highest BCUT2D eigenvalue weighted by Gasteiger charge is 2.40. The molecule has 0 aliphatic carbocycles. The van der Waals surface area contributed by atoms with Crippen molar-refractivity contribution in [2.24, 2.45) is 0 Å². The number of aromatic nitrogens is 1. The van der Waals surface area contributed by atoms with Crippen LogP contribution in [-0.4, -0.2) is 45.3 Å². The first-order valence-corrected chi connectivity index (χ1v) is 11.0. The average molecular weight is 469 g/mol. The van der Waals surface area contributed by atoms with E-state index in [0.717, 1.165) is 16.7 Å². The largest absolute Gasteiger partial charge is 0.515 e. The van der Waals surface area contributed by atoms with Gasteiger partial charge in [0.25, 0.3) is 5.91 Å². The molecule has 0 spiro atoms. The smallest absolute Gasteiger partial charge is 0.264 e. The number of likely N-dealkylation sites (N-methyl/N-ethyl adjacent to an activating group) is 1. The van der Waals surface area contributed by atoms with Gasteiger partial charge in [-0.2, -0.15) is 0 Å². The lowest BCUT2D eigenvalue weighted by Crippen LogP contribution is -2.37. The molecule has 2 aromatic carbocycles. The molecule has 1 saturated heterocycles. The SMILES string of the molecule is CN1CC(c2cnc(Cl)s2)N(C(=O)C(=CO)c2ccc(OCc3ccccc3)cc2)C1=N. The predicted octanol–water partition coefficient (Wildman–Crippen LogP) is 4.72. The number of carbonyl (C=O) groups is 1. The fourth-order valence-electron chi connectivity index (χ4n) is 3.49. The number of aliphatic hydroxyl groups is 1. The van der Waals surface area contributed by atoms with Gasteiger partial charge in [0, 0.05) is 19.8 Å². The molecule has 1 aliphatic rings. The Morgan fingerprint density at radius 3 is 2.62 bits per heavy atom. The van der Waals surface area contributed by atoms with E-state index in [1.807, 2.05) is 30.3 Å². The highest BCUT2D eigenvalue weighted by atomic mass is 35.5. The van der Waals surface area contributed by atoms with Gasteiger partial charge in [0.05, 0.1) is 22.8 Å². The molecule has 1 atom stereocenters. The molecule has 7 nitrogen and oxygen atoms in total. The van der Waals surface area contributed by atoms with Crippen LogP contribution in [0.1, 0.15) is 22.0 Å². The Balaban J connectivity index is 1.52. The third-order valence-corrected chi connectivity index (χ3v) is 6.38. The number of aliphatic hydroxyl groups excluding tert-OH is 1. The number of benzene rings is 2. The van der Waals surface area contributed by atoms with Crippen LogP contribution in [0, 0.1) is 5.41 Å². The second-order valence-corrected chi connectivity index (χ2v) is 8.90. The summed E-state index contributed by atoms with van der Waals surface area (Å²) in [7, 11) is 1.74. The summed E-state index contributed by atoms with van der Waals surface area (Å²) in [5, 5.41) is 18.3. The summed E-state index contributed by atoms with van der Waals surface area (Å²) in [5.74, 6) is 0.217. The molecule has 164 valence electrons. The third-order valence-electron chi connectivity index (χ3n) is 5.16. The van der Waals surface area contributed by atoms with Crippen LogP contribution in [0.4, 0.5) is 0 Å². The van der Waals surface area contributed by atoms with Crippen LogP contribution in [0.15, 0.2) is 67.1 Å². The summed E-state index contributed by atoms with van der Waals surface area (Å²) < 4.78 is 6.17. The van der Waals surface area contributed by atoms with E-state index in [2.05, 4.69) is 4.98 Å². The Labute approximate surface area is 194 Å². The number of hydrogen-bond donors (Lipinski definition) is 2. The molecule has 0 saturated carbocycles. The van der Waals surface area contributed by atoms with E-state index in [1.54, 1.807) is 42.4 Å². The van der Waals surface area contributed by atoms with Gasteiger partial charge in [-0.15, -0.1) is 11.3 Å². The number of ether oxygens (including phenoxy) is 1. The quantitative estimate of drug-likeness (QED) is 0.403. The van der Waals surface area contributed by atoms with Gasteiger partial charge >= 0.3 is 0 Å². The summed E-state index contributed by atoms with van der Waals surface area (Å²) in [6, 6.07) is 16.3. The number of carbonyl (C=O) groups excluding carboxylic acids is 1. The number of guanidine groups is 1. The molecule has 32 heavy (non-hydrogen) atoms. The standard InChI is InChI=1S/C23H21ClN4O3S/c1-27-12-19(20-11-26-22(24)32-20)28(23(27)25)21(30)18(13-29)16-7-9-17(10-8-16)31-14-15-5-3-2-4-6-15/h2-11,13,19,25,29H,12,14H2,1H3. The van der Waals surface area contributed by atoms with Crippen molar-refractivity contribution in [1.82, 2.24) is 14.8 Å². The van der Waals surface area contributed by atoms with Crippen molar-refractivity contribution in [3.8, 4) is 5.75 Å². The third kappa shape index (κ3) is 4.46. The lowest BCUT2D eigenvalue weighted by Gasteiger charge is -2.23. The Kier molecular flexibility index (Phi) is 6.43. The van der Waals surface area contributed by atoms with Gasteiger partial charge < -0.3 is 14.7 Å². The van der Waals surface area contributed by atoms with Crippen molar-refractivity contribution in [2.45, 2.75) is 12.6 Å². The molecule has 1 aliphatic heterocycles. The Morgan fingerprint density at radius 2 is 2.00 bits per heavy atom. The number of rotatable bonds is 6. The number of nitrogens with one attached hydrogen (secondary N) is 1. The summed E-state index contributed by atoms with van der Waals surface area (Å²) in [6.07, 6.45) is 2.40. The van der Waals surface area contributed by atoms with Gasteiger partial charge in [0.1, 0.15) is 12.4 Å². The molecule has 1 amide bonds. The molecule has 9 heteroatoms. The van der Waals surface area contributed by atoms with Gasteiger partial charge in [-0.25, -0.2) is 4.98 Å². The fraction of sp³-hybridized carbons (Fsp3) is 0.174. The highest BCUT2D eigenvalue weighted by molar-refractivity contribution is 7.15. The second-order valence-electron chi connectivity index (χ2n) is 7.25. The maximum atomic E-state index is 13.4. The average Bonchev–Trinajstić information content (AvgIpc) is 3.37. The summed E-state index contributed by atoms with van der Waals surface area (Å²) in [4.78, 5) is 21.2. The maximum Gasteiger partial charge on any atom is 0.264 e. The minimum absolute atomic E-state index is 0.0479. The van der Waals surface area contributed by atoms with Crippen LogP contribution in [-0.2, 0) is 11.4 Å². The first kappa shape index (κ1) is 21.9. The highest BCUT2D eigenvalue weighted by Crippen LogP contribution is 2.35. The van der Waals surface area contributed by atoms with Gasteiger partial charge in [0.15, 0.2) is 4.47 Å². The lowest BCUT2D eigenvalue weighted by molar-refractivity contribution is -0.122. The zero-order valence-corrected chi connectivity index (χ0v) is 18.8. The topological polar surface area (TPSA) is 89.8 Å². The van der Waals surface area contributed by atoms with Gasteiger partial charge in [-0.3, -0.25) is 15.1 Å². The normalized spacial score (nSPS) is 16.5. The molecule has 4 rings (SSSR count). The summed E-state index contributed by atoms with van der Waals surface area (Å²) >= 11 is 7.25. The molecule has 1 fully saturated rings. The van der Waals surface area contributed by atoms with Crippen molar-refractivity contribution in [2.75, 3.05) is 13.6 Å². The molecule has 1 aromatic heterocycles. The van der Waals surface area contributed by atoms with E-state index in [-0.39, 0.29) is 11.5 Å². The lowest BCUT2D eigenvalue weighted by atomic mass is 10.0. The predicted molar refractivity (Wildman–Crippen MR) is 125 cm³/mol. The number of halogens is 1. The van der Waals surface area contributed by atoms with Gasteiger partial charge in [0.2, 0.25) is 5.96 Å². The van der Waals surface area contributed by atoms with Crippen LogP contribution in [0.25, 0.3) is 5.57 Å². The summed E-state index contributed by atoms with van der Waals surface area (Å²) in [6.45, 7) is 0.867. The minimum atomic E-state index is -0.477. The summed E-state index contributed by atoms with van der Waals surface area (Å²) in [5.41, 5.74) is 1.65. The van der Waals surface area contributed by atoms with Crippen LogP contribution < -0.4 is 4.74 Å². The van der Waals surface area contributed by atoms with Crippen molar-refractivity contribution in [3.05, 3.63) is 87.5 Å². The van der Waals surface area contributed by atoms with Gasteiger partial charge in [-0.1, -0.05) is 54.1 Å². The molecular formula is C23H21ClN4O3S. The zero-order valence-electron chi connectivity index (χ0n) is 17.2. The van der Waals surface area contributed by atoms with E-state index >= 15 is 0 Å². The van der Waals surface area contributed by atoms with Crippen LogP contribution in [0.2, 0.25) is 4.47 Å². The van der Waals surface area contributed by atoms with E-state index in [9.17, 15) is 9.90 Å². The van der Waals surface area contributed by atoms with Crippen molar-refractivity contribution in [1.29, 1.82) is 5.41 Å². The monoisotopic (exact) mass is 468 g/mol. The van der Waals surface area contributed by atoms with Crippen LogP contribution >= 0.6 is 22.9 Å². The van der Waals surface area contributed by atoms with E-state index in [4.69, 9.17) is 21.7 Å². The first-order valence-electron chi connectivity index (χ1n) is 9.84. The molecular weight excluding hydrogens is 448 g/mol. The zero-order chi connectivity index (χ0) is 22.7. The first-order chi connectivity index (χ1) is 15.5. The molecule has 0 radical (unpaired) electrons. The van der Waals surface area contributed by atoms with E-state index in [0.29, 0.717) is 28.9 Å². The number of hydrogen-bond acceptors (Lipinski definition) is 6. The molecule has 2 heterocycles. The number of nitrogens with zero attached hydrogens (tertiary/aromatic N) is 3. The van der Waals surface area contributed by atoms with Crippen LogP contribution in [0.3, 0.4) is 0 Å². The fourth-order valence-corrected chi connectivity index (χ4v) is 4.52. The minimum Gasteiger partial charge on any atom is -0.515 e. The number of amides is 1. The molecule has 2 N–H and O–H groups in total. The Morgan fingerprint density at radius 1 is 1.28 bits per heavy atom. The van der Waals surface area contributed by atoms with E-state index in [1.165, 1.54) is 16.2 Å². The number of thiazole rings is 1. The van der Waals surface area contributed by atoms with Crippen molar-refractivity contribution >= 4 is 40.4 Å². The van der Waals surface area contributed by atoms with Crippen LogP contribution in [0.5, 0.6) is 5.75 Å². The Hall–Kier alpha value is -3.36. The van der Waals surface area contributed by atoms with Gasteiger partial charge in [-0.05, 0) is 23.3 Å². The van der Waals surface area contributed by atoms with Crippen molar-refractivity contribution in [3.63, 3.8) is 0 Å². The molecule has 0 bridgehead atoms. The maximum absolute atomic E-state index is 13.4. The van der Waals surface area contributed by atoms with E-state index < -0.39 is 11.9 Å². The van der Waals surface area contributed by atoms with Crippen molar-refractivity contribution < 1.29 is 14.6 Å². The second kappa shape index (κ2) is 9.42. The molecule has 1 unspecified atom stereocenters. The Bertz CT molecular complexity index is 1150. The molecule has 3 aromatic rings.